The molecule has 1 aliphatic heterocycles. The zero-order valence-corrected chi connectivity index (χ0v) is 21.7. The monoisotopic (exact) mass is 462 g/mol. The third kappa shape index (κ3) is 7.93. The molecule has 2 N–H and O–H groups in total. The highest BCUT2D eigenvalue weighted by molar-refractivity contribution is 6.62. The standard InChI is InChI=1S/C24H39BN2O6/c1-21(2,3)30-19(28)26-14-13-16-15-17(25-32-23(7,8)24(9,10)33-25)11-12-18(16)27-20(29)31-22(4,5)6/h11-12,15H,13-14H2,1-10H3,(H,26,28)(H,27,29). The number of ether oxygens (including phenoxy) is 2. The van der Waals surface area contributed by atoms with Crippen LogP contribution < -0.4 is 16.1 Å². The first-order valence-electron chi connectivity index (χ1n) is 11.3. The average molecular weight is 462 g/mol. The molecule has 2 amide bonds. The van der Waals surface area contributed by atoms with Gasteiger partial charge in [-0.25, -0.2) is 9.59 Å². The van der Waals surface area contributed by atoms with Gasteiger partial charge in [0.2, 0.25) is 0 Å². The second-order valence-corrected chi connectivity index (χ2v) is 11.3. The van der Waals surface area contributed by atoms with E-state index in [1.54, 1.807) is 26.8 Å². The zero-order valence-electron chi connectivity index (χ0n) is 21.7. The highest BCUT2D eigenvalue weighted by atomic mass is 16.7. The molecule has 0 saturated carbocycles. The summed E-state index contributed by atoms with van der Waals surface area (Å²) >= 11 is 0. The first kappa shape index (κ1) is 27.0. The number of amides is 2. The Hall–Kier alpha value is -2.26. The quantitative estimate of drug-likeness (QED) is 0.630. The highest BCUT2D eigenvalue weighted by Crippen LogP contribution is 2.36. The van der Waals surface area contributed by atoms with Gasteiger partial charge >= 0.3 is 19.3 Å². The van der Waals surface area contributed by atoms with E-state index in [1.807, 2.05) is 60.6 Å². The second-order valence-electron chi connectivity index (χ2n) is 11.3. The number of anilines is 1. The predicted molar refractivity (Wildman–Crippen MR) is 130 cm³/mol. The third-order valence-electron chi connectivity index (χ3n) is 5.35. The minimum atomic E-state index is -0.620. The van der Waals surface area contributed by atoms with E-state index in [4.69, 9.17) is 18.8 Å². The molecule has 33 heavy (non-hydrogen) atoms. The minimum Gasteiger partial charge on any atom is -0.444 e. The summed E-state index contributed by atoms with van der Waals surface area (Å²) in [6.07, 6.45) is -0.587. The van der Waals surface area contributed by atoms with Gasteiger partial charge < -0.3 is 24.1 Å². The molecule has 1 heterocycles. The summed E-state index contributed by atoms with van der Waals surface area (Å²) in [7, 11) is -0.539. The normalized spacial score (nSPS) is 17.5. The molecule has 0 radical (unpaired) electrons. The van der Waals surface area contributed by atoms with Crippen molar-refractivity contribution in [3.8, 4) is 0 Å². The van der Waals surface area contributed by atoms with Crippen molar-refractivity contribution in [1.82, 2.24) is 5.32 Å². The maximum atomic E-state index is 12.4. The van der Waals surface area contributed by atoms with Crippen molar-refractivity contribution in [1.29, 1.82) is 0 Å². The molecule has 2 rings (SSSR count). The lowest BCUT2D eigenvalue weighted by molar-refractivity contribution is 0.00578. The van der Waals surface area contributed by atoms with Gasteiger partial charge in [-0.1, -0.05) is 12.1 Å². The van der Waals surface area contributed by atoms with Crippen LogP contribution in [0.2, 0.25) is 0 Å². The molecule has 1 aromatic rings. The number of alkyl carbamates (subject to hydrolysis) is 1. The first-order valence-corrected chi connectivity index (χ1v) is 11.3. The van der Waals surface area contributed by atoms with Gasteiger partial charge in [-0.15, -0.1) is 0 Å². The summed E-state index contributed by atoms with van der Waals surface area (Å²) in [5.41, 5.74) is 0.0953. The Morgan fingerprint density at radius 3 is 1.94 bits per heavy atom. The molecule has 1 aliphatic rings. The van der Waals surface area contributed by atoms with E-state index in [2.05, 4.69) is 10.6 Å². The summed E-state index contributed by atoms with van der Waals surface area (Å²) < 4.78 is 23.0. The number of hydrogen-bond acceptors (Lipinski definition) is 6. The van der Waals surface area contributed by atoms with Crippen LogP contribution in [0.15, 0.2) is 18.2 Å². The van der Waals surface area contributed by atoms with Crippen LogP contribution in [0.25, 0.3) is 0 Å². The van der Waals surface area contributed by atoms with Gasteiger partial charge in [-0.3, -0.25) is 5.32 Å². The molecule has 0 bridgehead atoms. The molecular formula is C24H39BN2O6. The smallest absolute Gasteiger partial charge is 0.444 e. The topological polar surface area (TPSA) is 95.1 Å². The van der Waals surface area contributed by atoms with Crippen LogP contribution in [-0.4, -0.2) is 48.3 Å². The first-order chi connectivity index (χ1) is 14.9. The Morgan fingerprint density at radius 2 is 1.42 bits per heavy atom. The fraction of sp³-hybridized carbons (Fsp3) is 0.667. The van der Waals surface area contributed by atoms with Crippen molar-refractivity contribution in [3.05, 3.63) is 23.8 Å². The van der Waals surface area contributed by atoms with E-state index in [0.29, 0.717) is 18.7 Å². The van der Waals surface area contributed by atoms with E-state index in [0.717, 1.165) is 11.0 Å². The second kappa shape index (κ2) is 9.54. The summed E-state index contributed by atoms with van der Waals surface area (Å²) in [4.78, 5) is 24.4. The third-order valence-corrected chi connectivity index (χ3v) is 5.35. The van der Waals surface area contributed by atoms with Crippen molar-refractivity contribution >= 4 is 30.5 Å². The molecule has 1 saturated heterocycles. The molecule has 8 nitrogen and oxygen atoms in total. The van der Waals surface area contributed by atoms with E-state index in [-0.39, 0.29) is 0 Å². The van der Waals surface area contributed by atoms with Crippen molar-refractivity contribution in [2.75, 3.05) is 11.9 Å². The molecule has 0 aromatic heterocycles. The van der Waals surface area contributed by atoms with Crippen LogP contribution in [-0.2, 0) is 25.2 Å². The van der Waals surface area contributed by atoms with Crippen molar-refractivity contribution < 1.29 is 28.4 Å². The molecule has 1 aromatic carbocycles. The van der Waals surface area contributed by atoms with Gasteiger partial charge in [0, 0.05) is 12.2 Å². The van der Waals surface area contributed by atoms with E-state index in [9.17, 15) is 9.59 Å². The summed E-state index contributed by atoms with van der Waals surface area (Å²) in [5, 5.41) is 5.56. The Kier molecular flexibility index (Phi) is 7.81. The maximum absolute atomic E-state index is 12.4. The van der Waals surface area contributed by atoms with Gasteiger partial charge in [-0.05, 0) is 92.8 Å². The van der Waals surface area contributed by atoms with Crippen LogP contribution >= 0.6 is 0 Å². The lowest BCUT2D eigenvalue weighted by Gasteiger charge is -2.32. The fourth-order valence-electron chi connectivity index (χ4n) is 3.10. The zero-order chi connectivity index (χ0) is 25.2. The Bertz CT molecular complexity index is 855. The fourth-order valence-corrected chi connectivity index (χ4v) is 3.10. The molecular weight excluding hydrogens is 423 g/mol. The summed E-state index contributed by atoms with van der Waals surface area (Å²) in [5.74, 6) is 0. The highest BCUT2D eigenvalue weighted by Gasteiger charge is 2.51. The number of hydrogen-bond donors (Lipinski definition) is 2. The van der Waals surface area contributed by atoms with Crippen molar-refractivity contribution in [2.24, 2.45) is 0 Å². The maximum Gasteiger partial charge on any atom is 0.494 e. The molecule has 0 spiro atoms. The van der Waals surface area contributed by atoms with Gasteiger partial charge in [0.25, 0.3) is 0 Å². The lowest BCUT2D eigenvalue weighted by Crippen LogP contribution is -2.41. The molecule has 0 unspecified atom stereocenters. The molecule has 184 valence electrons. The Labute approximate surface area is 198 Å². The van der Waals surface area contributed by atoms with Gasteiger partial charge in [0.1, 0.15) is 11.2 Å². The van der Waals surface area contributed by atoms with Crippen LogP contribution in [0.3, 0.4) is 0 Å². The average Bonchev–Trinajstić information content (AvgIpc) is 2.80. The van der Waals surface area contributed by atoms with Crippen molar-refractivity contribution in [2.45, 2.75) is 98.1 Å². The van der Waals surface area contributed by atoms with Gasteiger partial charge in [0.15, 0.2) is 0 Å². The number of nitrogens with one attached hydrogen (secondary N) is 2. The van der Waals surface area contributed by atoms with Crippen LogP contribution in [0.5, 0.6) is 0 Å². The largest absolute Gasteiger partial charge is 0.494 e. The van der Waals surface area contributed by atoms with Gasteiger partial charge in [0.05, 0.1) is 11.2 Å². The molecule has 0 aliphatic carbocycles. The summed E-state index contributed by atoms with van der Waals surface area (Å²) in [6.45, 7) is 19.2. The van der Waals surface area contributed by atoms with Crippen LogP contribution in [0.1, 0.15) is 74.8 Å². The number of carbonyl (C=O) groups is 2. The van der Waals surface area contributed by atoms with E-state index in [1.165, 1.54) is 0 Å². The Morgan fingerprint density at radius 1 is 0.909 bits per heavy atom. The lowest BCUT2D eigenvalue weighted by atomic mass is 9.78. The molecule has 9 heteroatoms. The van der Waals surface area contributed by atoms with E-state index >= 15 is 0 Å². The van der Waals surface area contributed by atoms with E-state index < -0.39 is 41.7 Å². The molecule has 0 atom stereocenters. The number of rotatable bonds is 5. The Balaban J connectivity index is 2.21. The number of carbonyl (C=O) groups excluding carboxylic acids is 2. The number of benzene rings is 1. The van der Waals surface area contributed by atoms with Gasteiger partial charge in [-0.2, -0.15) is 0 Å². The van der Waals surface area contributed by atoms with Crippen LogP contribution in [0, 0.1) is 0 Å². The SMILES string of the molecule is CC(C)(C)OC(=O)NCCc1cc(B2OC(C)(C)C(C)(C)O2)ccc1NC(=O)OC(C)(C)C. The van der Waals surface area contributed by atoms with Crippen molar-refractivity contribution in [3.63, 3.8) is 0 Å². The minimum absolute atomic E-state index is 0.324. The predicted octanol–water partition coefficient (Wildman–Crippen LogP) is 4.40. The summed E-state index contributed by atoms with van der Waals surface area (Å²) in [6, 6.07) is 5.58. The van der Waals surface area contributed by atoms with Crippen LogP contribution in [0.4, 0.5) is 15.3 Å². The molecule has 1 fully saturated rings.